The van der Waals surface area contributed by atoms with E-state index in [1.807, 2.05) is 19.9 Å². The van der Waals surface area contributed by atoms with Gasteiger partial charge in [-0.3, -0.25) is 4.70 Å². The summed E-state index contributed by atoms with van der Waals surface area (Å²) >= 11 is 1.68. The van der Waals surface area contributed by atoms with Crippen molar-refractivity contribution >= 4 is 17.4 Å². The average Bonchev–Trinajstić information content (AvgIpc) is 2.36. The highest BCUT2D eigenvalue weighted by Gasteiger charge is 1.92. The van der Waals surface area contributed by atoms with E-state index in [0.717, 1.165) is 10.7 Å². The second kappa shape index (κ2) is 5.65. The summed E-state index contributed by atoms with van der Waals surface area (Å²) in [5, 5.41) is 3.19. The maximum Gasteiger partial charge on any atom is 0.0901 e. The molecule has 72 valence electrons. The number of aromatic nitrogens is 1. The smallest absolute Gasteiger partial charge is 0.0901 e. The quantitative estimate of drug-likeness (QED) is 0.663. The highest BCUT2D eigenvalue weighted by molar-refractivity contribution is 7.09. The van der Waals surface area contributed by atoms with Crippen molar-refractivity contribution in [1.82, 2.24) is 4.98 Å². The third kappa shape index (κ3) is 3.99. The van der Waals surface area contributed by atoms with Gasteiger partial charge in [0.05, 0.1) is 10.7 Å². The van der Waals surface area contributed by atoms with E-state index in [4.69, 9.17) is 0 Å². The molecule has 0 aliphatic heterocycles. The number of nitrogens with zero attached hydrogens (tertiary/aromatic N) is 1. The van der Waals surface area contributed by atoms with Crippen LogP contribution in [-0.4, -0.2) is 4.98 Å². The normalized spacial score (nSPS) is 11.8. The zero-order valence-electron chi connectivity index (χ0n) is 8.07. The van der Waals surface area contributed by atoms with Crippen molar-refractivity contribution < 1.29 is 4.70 Å². The molecule has 13 heavy (non-hydrogen) atoms. The summed E-state index contributed by atoms with van der Waals surface area (Å²) in [6.45, 7) is 6.12. The van der Waals surface area contributed by atoms with Crippen LogP contribution < -0.4 is 0 Å². The Morgan fingerprint density at radius 3 is 2.69 bits per heavy atom. The van der Waals surface area contributed by atoms with Crippen LogP contribution in [0.5, 0.6) is 0 Å². The first-order valence-corrected chi connectivity index (χ1v) is 4.83. The second-order valence-electron chi connectivity index (χ2n) is 2.68. The predicted molar refractivity (Wildman–Crippen MR) is 57.8 cm³/mol. The van der Waals surface area contributed by atoms with Crippen LogP contribution in [0.25, 0.3) is 6.08 Å². The van der Waals surface area contributed by atoms with E-state index in [9.17, 15) is 0 Å². The Bertz CT molecular complexity index is 312. The standard InChI is InChI=1S/C10H13NS.FH/c1-4-5-8(2)6-10-7-12-9(3)11-10;/h4-7H,1-3H3;1H/b5-4-,8-6-;. The number of hydrogen-bond donors (Lipinski definition) is 0. The SMILES string of the molecule is C/C=C\C(C)=C/c1csc(C)n1.F. The van der Waals surface area contributed by atoms with Crippen LogP contribution in [0, 0.1) is 6.92 Å². The van der Waals surface area contributed by atoms with Crippen LogP contribution in [0.15, 0.2) is 23.1 Å². The van der Waals surface area contributed by atoms with Crippen molar-refractivity contribution in [2.45, 2.75) is 20.8 Å². The van der Waals surface area contributed by atoms with E-state index in [2.05, 4.69) is 29.4 Å². The van der Waals surface area contributed by atoms with Gasteiger partial charge in [0.15, 0.2) is 0 Å². The van der Waals surface area contributed by atoms with E-state index < -0.39 is 0 Å². The lowest BCUT2D eigenvalue weighted by atomic mass is 10.2. The van der Waals surface area contributed by atoms with Gasteiger partial charge >= 0.3 is 0 Å². The molecule has 0 aliphatic rings. The molecule has 0 amide bonds. The molecule has 0 atom stereocenters. The monoisotopic (exact) mass is 199 g/mol. The summed E-state index contributed by atoms with van der Waals surface area (Å²) < 4.78 is 0. The second-order valence-corrected chi connectivity index (χ2v) is 3.74. The maximum atomic E-state index is 4.34. The Hall–Kier alpha value is -0.960. The van der Waals surface area contributed by atoms with Crippen molar-refractivity contribution in [3.05, 3.63) is 33.8 Å². The highest BCUT2D eigenvalue weighted by Crippen LogP contribution is 2.11. The first-order valence-electron chi connectivity index (χ1n) is 3.95. The number of aryl methyl sites for hydroxylation is 1. The van der Waals surface area contributed by atoms with Gasteiger partial charge in [0.2, 0.25) is 0 Å². The third-order valence-corrected chi connectivity index (χ3v) is 2.23. The van der Waals surface area contributed by atoms with Crippen molar-refractivity contribution in [3.63, 3.8) is 0 Å². The molecule has 1 aromatic rings. The van der Waals surface area contributed by atoms with Crippen LogP contribution in [0.2, 0.25) is 0 Å². The molecule has 0 N–H and O–H groups in total. The largest absolute Gasteiger partial charge is 0.269 e. The number of halogens is 1. The van der Waals surface area contributed by atoms with Crippen LogP contribution >= 0.6 is 11.3 Å². The molecular weight excluding hydrogens is 185 g/mol. The van der Waals surface area contributed by atoms with E-state index in [1.165, 1.54) is 5.57 Å². The van der Waals surface area contributed by atoms with Crippen LogP contribution in [0.4, 0.5) is 4.70 Å². The van der Waals surface area contributed by atoms with E-state index in [1.54, 1.807) is 11.3 Å². The van der Waals surface area contributed by atoms with Crippen LogP contribution in [0.3, 0.4) is 0 Å². The van der Waals surface area contributed by atoms with E-state index in [-0.39, 0.29) is 4.70 Å². The third-order valence-electron chi connectivity index (χ3n) is 1.44. The molecule has 0 aliphatic carbocycles. The topological polar surface area (TPSA) is 12.9 Å². The van der Waals surface area contributed by atoms with E-state index >= 15 is 0 Å². The van der Waals surface area contributed by atoms with Gasteiger partial charge in [0, 0.05) is 5.38 Å². The fourth-order valence-electron chi connectivity index (χ4n) is 0.991. The van der Waals surface area contributed by atoms with Gasteiger partial charge in [0.1, 0.15) is 0 Å². The zero-order chi connectivity index (χ0) is 8.97. The molecule has 1 aromatic heterocycles. The van der Waals surface area contributed by atoms with Gasteiger partial charge in [-0.15, -0.1) is 11.3 Å². The fraction of sp³-hybridized carbons (Fsp3) is 0.300. The summed E-state index contributed by atoms with van der Waals surface area (Å²) in [5.41, 5.74) is 2.30. The lowest BCUT2D eigenvalue weighted by Crippen LogP contribution is -1.73. The van der Waals surface area contributed by atoms with Gasteiger partial charge in [0.25, 0.3) is 0 Å². The van der Waals surface area contributed by atoms with Crippen LogP contribution in [-0.2, 0) is 0 Å². The summed E-state index contributed by atoms with van der Waals surface area (Å²) in [7, 11) is 0. The Labute approximate surface area is 82.2 Å². The number of rotatable bonds is 2. The Morgan fingerprint density at radius 2 is 2.23 bits per heavy atom. The summed E-state index contributed by atoms with van der Waals surface area (Å²) in [5.74, 6) is 0. The highest BCUT2D eigenvalue weighted by atomic mass is 32.1. The van der Waals surface area contributed by atoms with Crippen molar-refractivity contribution in [2.24, 2.45) is 0 Å². The number of hydrogen-bond acceptors (Lipinski definition) is 2. The molecule has 0 aromatic carbocycles. The van der Waals surface area contributed by atoms with Crippen molar-refractivity contribution in [3.8, 4) is 0 Å². The molecule has 0 saturated heterocycles. The summed E-state index contributed by atoms with van der Waals surface area (Å²) in [6.07, 6.45) is 6.20. The first kappa shape index (κ1) is 12.0. The molecule has 0 bridgehead atoms. The minimum Gasteiger partial charge on any atom is -0.269 e. The average molecular weight is 199 g/mol. The summed E-state index contributed by atoms with van der Waals surface area (Å²) in [6, 6.07) is 0. The molecule has 1 heterocycles. The minimum absolute atomic E-state index is 0. The minimum atomic E-state index is 0. The van der Waals surface area contributed by atoms with Crippen molar-refractivity contribution in [2.75, 3.05) is 0 Å². The Morgan fingerprint density at radius 1 is 1.54 bits per heavy atom. The van der Waals surface area contributed by atoms with Gasteiger partial charge in [-0.05, 0) is 32.4 Å². The molecule has 0 fully saturated rings. The maximum absolute atomic E-state index is 4.34. The molecule has 3 heteroatoms. The van der Waals surface area contributed by atoms with Gasteiger partial charge in [-0.25, -0.2) is 4.98 Å². The van der Waals surface area contributed by atoms with Crippen molar-refractivity contribution in [1.29, 1.82) is 0 Å². The summed E-state index contributed by atoms with van der Waals surface area (Å²) in [4.78, 5) is 4.34. The Kier molecular flexibility index (Phi) is 5.23. The molecule has 1 rings (SSSR count). The molecule has 0 spiro atoms. The molecule has 0 unspecified atom stereocenters. The zero-order valence-corrected chi connectivity index (χ0v) is 8.89. The predicted octanol–water partition coefficient (Wildman–Crippen LogP) is 3.58. The molecule has 1 nitrogen and oxygen atoms in total. The molecule has 0 saturated carbocycles. The van der Waals surface area contributed by atoms with Gasteiger partial charge in [-0.2, -0.15) is 0 Å². The van der Waals surface area contributed by atoms with Gasteiger partial charge < -0.3 is 0 Å². The lowest BCUT2D eigenvalue weighted by molar-refractivity contribution is 1.11. The lowest BCUT2D eigenvalue weighted by Gasteiger charge is -1.88. The number of thiazole rings is 1. The van der Waals surface area contributed by atoms with Gasteiger partial charge in [-0.1, -0.05) is 12.2 Å². The van der Waals surface area contributed by atoms with E-state index in [0.29, 0.717) is 0 Å². The molecular formula is C10H14FNS. The Balaban J connectivity index is 0.00000144. The first-order chi connectivity index (χ1) is 5.72. The number of allylic oxidation sites excluding steroid dienone is 3. The van der Waals surface area contributed by atoms with Crippen LogP contribution in [0.1, 0.15) is 24.5 Å². The fourth-order valence-corrected chi connectivity index (χ4v) is 1.56. The molecule has 0 radical (unpaired) electrons.